The van der Waals surface area contributed by atoms with E-state index in [4.69, 9.17) is 9.47 Å². The fraction of sp³-hybridized carbons (Fsp3) is 0.280. The Morgan fingerprint density at radius 1 is 1.10 bits per heavy atom. The maximum Gasteiger partial charge on any atom is 0.377 e. The van der Waals surface area contributed by atoms with E-state index in [1.807, 2.05) is 48.5 Å². The number of hydrogen-bond acceptors (Lipinski definition) is 5. The standard InChI is InChI=1S/C25H22O4S/c1-3-7-16-10-13-20(21(14-16)28-2)22-23(26)17-11-12-18(15-17)24(22)29-25(27)30-19-8-5-4-6-9-19/h4-6,8-10,13-14,17-18H,11-12,15H2,1-2H3. The largest absolute Gasteiger partial charge is 0.496 e. The summed E-state index contributed by atoms with van der Waals surface area (Å²) in [4.78, 5) is 26.8. The molecule has 2 aromatic rings. The van der Waals surface area contributed by atoms with E-state index in [0.717, 1.165) is 41.5 Å². The number of methoxy groups -OCH3 is 1. The van der Waals surface area contributed by atoms with Crippen molar-refractivity contribution in [3.63, 3.8) is 0 Å². The zero-order valence-electron chi connectivity index (χ0n) is 16.9. The molecule has 2 bridgehead atoms. The molecular weight excluding hydrogens is 396 g/mol. The summed E-state index contributed by atoms with van der Waals surface area (Å²) in [6, 6.07) is 14.9. The molecule has 0 aromatic heterocycles. The highest BCUT2D eigenvalue weighted by atomic mass is 32.2. The van der Waals surface area contributed by atoms with E-state index < -0.39 is 5.30 Å². The van der Waals surface area contributed by atoms with Gasteiger partial charge in [-0.05, 0) is 68.3 Å². The van der Waals surface area contributed by atoms with Crippen molar-refractivity contribution in [3.05, 3.63) is 65.4 Å². The lowest BCUT2D eigenvalue weighted by Crippen LogP contribution is -2.23. The molecule has 5 heteroatoms. The van der Waals surface area contributed by atoms with Crippen molar-refractivity contribution in [2.45, 2.75) is 31.1 Å². The van der Waals surface area contributed by atoms with Crippen molar-refractivity contribution < 1.29 is 19.1 Å². The molecule has 2 atom stereocenters. The summed E-state index contributed by atoms with van der Waals surface area (Å²) in [7, 11) is 1.57. The molecule has 1 fully saturated rings. The lowest BCUT2D eigenvalue weighted by atomic mass is 9.83. The minimum Gasteiger partial charge on any atom is -0.496 e. The maximum atomic E-state index is 13.3. The monoisotopic (exact) mass is 418 g/mol. The Kier molecular flexibility index (Phi) is 5.96. The van der Waals surface area contributed by atoms with Crippen LogP contribution in [0, 0.1) is 23.7 Å². The summed E-state index contributed by atoms with van der Waals surface area (Å²) in [5.74, 6) is 7.00. The van der Waals surface area contributed by atoms with Gasteiger partial charge in [-0.25, -0.2) is 4.79 Å². The number of allylic oxidation sites excluding steroid dienone is 2. The van der Waals surface area contributed by atoms with Crippen LogP contribution >= 0.6 is 11.8 Å². The van der Waals surface area contributed by atoms with Gasteiger partial charge in [-0.1, -0.05) is 24.1 Å². The van der Waals surface area contributed by atoms with E-state index in [-0.39, 0.29) is 17.6 Å². The smallest absolute Gasteiger partial charge is 0.377 e. The van der Waals surface area contributed by atoms with Gasteiger partial charge in [0.05, 0.1) is 12.7 Å². The van der Waals surface area contributed by atoms with Crippen molar-refractivity contribution in [3.8, 4) is 17.6 Å². The average molecular weight is 419 g/mol. The van der Waals surface area contributed by atoms with Crippen LogP contribution in [0.5, 0.6) is 5.75 Å². The fourth-order valence-electron chi connectivity index (χ4n) is 4.20. The second-order valence-corrected chi connectivity index (χ2v) is 8.38. The first-order valence-electron chi connectivity index (χ1n) is 9.95. The predicted molar refractivity (Wildman–Crippen MR) is 117 cm³/mol. The van der Waals surface area contributed by atoms with E-state index in [9.17, 15) is 9.59 Å². The molecule has 0 radical (unpaired) electrons. The Bertz CT molecular complexity index is 1080. The summed E-state index contributed by atoms with van der Waals surface area (Å²) in [6.07, 6.45) is 2.41. The molecule has 2 aromatic carbocycles. The maximum absolute atomic E-state index is 13.3. The Hall–Kier alpha value is -2.97. The molecule has 1 saturated carbocycles. The molecule has 30 heavy (non-hydrogen) atoms. The van der Waals surface area contributed by atoms with Crippen LogP contribution in [0.1, 0.15) is 37.3 Å². The summed E-state index contributed by atoms with van der Waals surface area (Å²) in [5, 5.41) is -0.431. The van der Waals surface area contributed by atoms with E-state index in [2.05, 4.69) is 11.8 Å². The van der Waals surface area contributed by atoms with Gasteiger partial charge in [0.25, 0.3) is 0 Å². The van der Waals surface area contributed by atoms with Crippen molar-refractivity contribution in [1.82, 2.24) is 0 Å². The van der Waals surface area contributed by atoms with Crippen molar-refractivity contribution in [1.29, 1.82) is 0 Å². The highest BCUT2D eigenvalue weighted by Gasteiger charge is 2.43. The first-order chi connectivity index (χ1) is 14.6. The molecule has 0 spiro atoms. The summed E-state index contributed by atoms with van der Waals surface area (Å²) in [5.41, 5.74) is 1.94. The summed E-state index contributed by atoms with van der Waals surface area (Å²) >= 11 is 1.02. The van der Waals surface area contributed by atoms with Crippen molar-refractivity contribution in [2.24, 2.45) is 11.8 Å². The number of rotatable bonds is 4. The van der Waals surface area contributed by atoms with Crippen LogP contribution in [0.3, 0.4) is 0 Å². The van der Waals surface area contributed by atoms with Crippen LogP contribution in [0.4, 0.5) is 4.79 Å². The third-order valence-corrected chi connectivity index (χ3v) is 6.30. The number of carbonyl (C=O) groups excluding carboxylic acids is 2. The number of ketones is 1. The molecule has 0 amide bonds. The highest BCUT2D eigenvalue weighted by Crippen LogP contribution is 2.48. The minimum absolute atomic E-state index is 0.0194. The minimum atomic E-state index is -0.431. The van der Waals surface area contributed by atoms with Crippen LogP contribution in [-0.4, -0.2) is 18.2 Å². The van der Waals surface area contributed by atoms with Crippen LogP contribution in [0.25, 0.3) is 5.57 Å². The summed E-state index contributed by atoms with van der Waals surface area (Å²) in [6.45, 7) is 1.77. The number of hydrogen-bond donors (Lipinski definition) is 0. The van der Waals surface area contributed by atoms with Crippen molar-refractivity contribution >= 4 is 28.4 Å². The molecule has 0 saturated heterocycles. The van der Waals surface area contributed by atoms with Gasteiger partial charge >= 0.3 is 5.30 Å². The lowest BCUT2D eigenvalue weighted by molar-refractivity contribution is -0.117. The van der Waals surface area contributed by atoms with E-state index in [0.29, 0.717) is 22.6 Å². The van der Waals surface area contributed by atoms with E-state index in [1.165, 1.54) is 0 Å². The third kappa shape index (κ3) is 4.01. The van der Waals surface area contributed by atoms with Gasteiger partial charge in [0.15, 0.2) is 5.78 Å². The summed E-state index contributed by atoms with van der Waals surface area (Å²) < 4.78 is 11.4. The molecule has 152 valence electrons. The van der Waals surface area contributed by atoms with Crippen LogP contribution in [0.15, 0.2) is 59.2 Å². The molecule has 0 aliphatic heterocycles. The molecule has 4 nitrogen and oxygen atoms in total. The van der Waals surface area contributed by atoms with Crippen LogP contribution < -0.4 is 4.74 Å². The van der Waals surface area contributed by atoms with Crippen LogP contribution in [-0.2, 0) is 9.53 Å². The quantitative estimate of drug-likeness (QED) is 0.362. The number of Topliss-reactive ketones (excluding diaryl/α,β-unsaturated/α-hetero) is 1. The molecular formula is C25H22O4S. The Labute approximate surface area is 180 Å². The Morgan fingerprint density at radius 3 is 2.60 bits per heavy atom. The number of benzene rings is 2. The van der Waals surface area contributed by atoms with Gasteiger partial charge in [-0.15, -0.1) is 5.92 Å². The van der Waals surface area contributed by atoms with Gasteiger partial charge < -0.3 is 9.47 Å². The zero-order valence-corrected chi connectivity index (χ0v) is 17.8. The number of carbonyl (C=O) groups is 2. The van der Waals surface area contributed by atoms with Gasteiger partial charge in [-0.3, -0.25) is 4.79 Å². The normalized spacial score (nSPS) is 19.9. The Morgan fingerprint density at radius 2 is 1.87 bits per heavy atom. The van der Waals surface area contributed by atoms with Crippen molar-refractivity contribution in [2.75, 3.05) is 7.11 Å². The first kappa shape index (κ1) is 20.3. The molecule has 2 unspecified atom stereocenters. The number of thioether (sulfide) groups is 1. The van der Waals surface area contributed by atoms with E-state index >= 15 is 0 Å². The molecule has 4 rings (SSSR count). The van der Waals surface area contributed by atoms with Gasteiger partial charge in [0, 0.05) is 27.9 Å². The molecule has 0 heterocycles. The zero-order chi connectivity index (χ0) is 21.1. The number of fused-ring (bicyclic) bond motifs is 2. The second-order valence-electron chi connectivity index (χ2n) is 7.37. The Balaban J connectivity index is 1.74. The SMILES string of the molecule is CC#Cc1ccc(C2=C(OC(=O)Sc3ccccc3)C3CCC(C3)C2=O)c(OC)c1. The molecule has 2 aliphatic rings. The predicted octanol–water partition coefficient (Wildman–Crippen LogP) is 5.71. The van der Waals surface area contributed by atoms with Gasteiger partial charge in [0.2, 0.25) is 0 Å². The molecule has 2 aliphatic carbocycles. The average Bonchev–Trinajstić information content (AvgIpc) is 3.20. The first-order valence-corrected chi connectivity index (χ1v) is 10.8. The topological polar surface area (TPSA) is 52.6 Å². The lowest BCUT2D eigenvalue weighted by Gasteiger charge is -2.25. The molecule has 0 N–H and O–H groups in total. The second kappa shape index (κ2) is 8.81. The highest BCUT2D eigenvalue weighted by molar-refractivity contribution is 8.13. The third-order valence-electron chi connectivity index (χ3n) is 5.54. The van der Waals surface area contributed by atoms with Crippen LogP contribution in [0.2, 0.25) is 0 Å². The van der Waals surface area contributed by atoms with Gasteiger partial charge in [0.1, 0.15) is 11.5 Å². The van der Waals surface area contributed by atoms with E-state index in [1.54, 1.807) is 14.0 Å². The van der Waals surface area contributed by atoms with Gasteiger partial charge in [-0.2, -0.15) is 0 Å². The fourth-order valence-corrected chi connectivity index (χ4v) is 4.82. The number of ether oxygens (including phenoxy) is 2.